The molecule has 1 aromatic rings. The Labute approximate surface area is 140 Å². The Balaban J connectivity index is 2.00. The minimum Gasteiger partial charge on any atom is -0.410 e. The van der Waals surface area contributed by atoms with E-state index >= 15 is 0 Å². The number of hydrogen-bond donors (Lipinski definition) is 0. The summed E-state index contributed by atoms with van der Waals surface area (Å²) in [7, 11) is 0. The smallest absolute Gasteiger partial charge is 0.410 e. The van der Waals surface area contributed by atoms with Crippen molar-refractivity contribution in [3.05, 3.63) is 34.4 Å². The van der Waals surface area contributed by atoms with Gasteiger partial charge in [0.05, 0.1) is 17.6 Å². The summed E-state index contributed by atoms with van der Waals surface area (Å²) in [6, 6.07) is 5.20. The highest BCUT2D eigenvalue weighted by Crippen LogP contribution is 2.19. The fraction of sp³-hybridized carbons (Fsp3) is 0.500. The average molecular weight is 335 g/mol. The molecule has 0 unspecified atom stereocenters. The second-order valence-corrected chi connectivity index (χ2v) is 5.68. The molecular formula is C16H21N3O5. The standard InChI is InChI=1S/C16H21N3O5/c1-2-9-18(12-17-10-3-4-14(17)11-20)16(21)24-15-7-5-13(6-8-15)19(22)23/h5-8,11,14H,2-4,9-10,12H2,1H3/t14-/m1/s1. The first-order valence-corrected chi connectivity index (χ1v) is 7.95. The van der Waals surface area contributed by atoms with Gasteiger partial charge in [-0.1, -0.05) is 6.92 Å². The summed E-state index contributed by atoms with van der Waals surface area (Å²) in [5.41, 5.74) is -0.0638. The quantitative estimate of drug-likeness (QED) is 0.431. The van der Waals surface area contributed by atoms with E-state index in [9.17, 15) is 19.7 Å². The van der Waals surface area contributed by atoms with Crippen LogP contribution >= 0.6 is 0 Å². The van der Waals surface area contributed by atoms with E-state index in [1.54, 1.807) is 4.90 Å². The van der Waals surface area contributed by atoms with Crippen molar-refractivity contribution in [2.75, 3.05) is 19.8 Å². The zero-order valence-corrected chi connectivity index (χ0v) is 13.6. The zero-order chi connectivity index (χ0) is 17.5. The lowest BCUT2D eigenvalue weighted by molar-refractivity contribution is -0.384. The highest BCUT2D eigenvalue weighted by molar-refractivity contribution is 5.70. The van der Waals surface area contributed by atoms with E-state index in [-0.39, 0.29) is 17.5 Å². The van der Waals surface area contributed by atoms with Gasteiger partial charge in [0.25, 0.3) is 5.69 Å². The summed E-state index contributed by atoms with van der Waals surface area (Å²) in [6.45, 7) is 3.57. The monoisotopic (exact) mass is 335 g/mol. The van der Waals surface area contributed by atoms with Crippen molar-refractivity contribution in [2.24, 2.45) is 0 Å². The zero-order valence-electron chi connectivity index (χ0n) is 13.6. The van der Waals surface area contributed by atoms with Crippen molar-refractivity contribution < 1.29 is 19.2 Å². The number of nitrogens with zero attached hydrogens (tertiary/aromatic N) is 3. The number of aldehydes is 1. The van der Waals surface area contributed by atoms with Crippen LogP contribution in [0.25, 0.3) is 0 Å². The SMILES string of the molecule is CCCN(CN1CCC[C@@H]1C=O)C(=O)Oc1ccc([N+](=O)[O-])cc1. The van der Waals surface area contributed by atoms with Crippen molar-refractivity contribution >= 4 is 18.1 Å². The van der Waals surface area contributed by atoms with Crippen LogP contribution in [0.4, 0.5) is 10.5 Å². The molecule has 0 radical (unpaired) electrons. The molecule has 1 atom stereocenters. The first kappa shape index (κ1) is 17.9. The first-order chi connectivity index (χ1) is 11.5. The maximum Gasteiger partial charge on any atom is 0.416 e. The normalized spacial score (nSPS) is 17.5. The van der Waals surface area contributed by atoms with Gasteiger partial charge in [0.1, 0.15) is 12.0 Å². The summed E-state index contributed by atoms with van der Waals surface area (Å²) in [5, 5.41) is 10.6. The third kappa shape index (κ3) is 4.51. The maximum absolute atomic E-state index is 12.4. The van der Waals surface area contributed by atoms with Crippen LogP contribution in [-0.4, -0.2) is 52.9 Å². The Bertz CT molecular complexity index is 590. The third-order valence-corrected chi connectivity index (χ3v) is 3.93. The maximum atomic E-state index is 12.4. The molecule has 2 rings (SSSR count). The van der Waals surface area contributed by atoms with Gasteiger partial charge in [-0.2, -0.15) is 0 Å². The van der Waals surface area contributed by atoms with Crippen LogP contribution in [0.3, 0.4) is 0 Å². The van der Waals surface area contributed by atoms with Crippen molar-refractivity contribution in [1.82, 2.24) is 9.80 Å². The summed E-state index contributed by atoms with van der Waals surface area (Å²) < 4.78 is 5.29. The van der Waals surface area contributed by atoms with Gasteiger partial charge in [-0.3, -0.25) is 19.9 Å². The molecule has 0 aromatic heterocycles. The van der Waals surface area contributed by atoms with Crippen molar-refractivity contribution in [1.29, 1.82) is 0 Å². The van der Waals surface area contributed by atoms with E-state index in [2.05, 4.69) is 0 Å². The highest BCUT2D eigenvalue weighted by Gasteiger charge is 2.27. The molecule has 1 saturated heterocycles. The van der Waals surface area contributed by atoms with Crippen molar-refractivity contribution in [3.63, 3.8) is 0 Å². The first-order valence-electron chi connectivity index (χ1n) is 7.95. The number of ether oxygens (including phenoxy) is 1. The summed E-state index contributed by atoms with van der Waals surface area (Å²) in [4.78, 5) is 37.1. The van der Waals surface area contributed by atoms with E-state index in [1.165, 1.54) is 24.3 Å². The van der Waals surface area contributed by atoms with Gasteiger partial charge in [0.15, 0.2) is 0 Å². The Hall–Kier alpha value is -2.48. The van der Waals surface area contributed by atoms with Gasteiger partial charge in [-0.15, -0.1) is 0 Å². The molecule has 0 bridgehead atoms. The van der Waals surface area contributed by atoms with Crippen molar-refractivity contribution in [2.45, 2.75) is 32.2 Å². The predicted molar refractivity (Wildman–Crippen MR) is 86.8 cm³/mol. The van der Waals surface area contributed by atoms with Gasteiger partial charge in [0.2, 0.25) is 0 Å². The summed E-state index contributed by atoms with van der Waals surface area (Å²) in [6.07, 6.45) is 2.89. The lowest BCUT2D eigenvalue weighted by Gasteiger charge is -2.28. The predicted octanol–water partition coefficient (Wildman–Crippen LogP) is 2.43. The molecule has 1 aliphatic heterocycles. The number of amides is 1. The number of carbonyl (C=O) groups excluding carboxylic acids is 2. The van der Waals surface area contributed by atoms with Crippen LogP contribution < -0.4 is 4.74 Å². The summed E-state index contributed by atoms with van der Waals surface area (Å²) >= 11 is 0. The van der Waals surface area contributed by atoms with Crippen LogP contribution in [0.1, 0.15) is 26.2 Å². The molecule has 1 amide bonds. The Kier molecular flexibility index (Phi) is 6.25. The molecule has 0 saturated carbocycles. The van der Waals surface area contributed by atoms with Gasteiger partial charge in [0, 0.05) is 25.2 Å². The van der Waals surface area contributed by atoms with Gasteiger partial charge < -0.3 is 9.53 Å². The van der Waals surface area contributed by atoms with Gasteiger partial charge in [-0.05, 0) is 31.4 Å². The number of nitro benzene ring substituents is 1. The second-order valence-electron chi connectivity index (χ2n) is 5.68. The van der Waals surface area contributed by atoms with Crippen LogP contribution in [0.15, 0.2) is 24.3 Å². The number of rotatable bonds is 7. The second kappa shape index (κ2) is 8.39. The molecule has 130 valence electrons. The number of likely N-dealkylation sites (tertiary alicyclic amines) is 1. The lowest BCUT2D eigenvalue weighted by atomic mass is 10.2. The molecule has 1 aliphatic rings. The molecule has 1 fully saturated rings. The Morgan fingerprint density at radius 1 is 1.46 bits per heavy atom. The van der Waals surface area contributed by atoms with E-state index in [1.807, 2.05) is 11.8 Å². The molecule has 1 heterocycles. The molecule has 24 heavy (non-hydrogen) atoms. The Morgan fingerprint density at radius 2 is 2.17 bits per heavy atom. The number of carbonyl (C=O) groups is 2. The van der Waals surface area contributed by atoms with Crippen LogP contribution in [0, 0.1) is 10.1 Å². The van der Waals surface area contributed by atoms with Crippen LogP contribution in [-0.2, 0) is 4.79 Å². The minimum absolute atomic E-state index is 0.0638. The number of benzene rings is 1. The van der Waals surface area contributed by atoms with E-state index in [4.69, 9.17) is 4.74 Å². The van der Waals surface area contributed by atoms with Gasteiger partial charge in [-0.25, -0.2) is 4.79 Å². The lowest BCUT2D eigenvalue weighted by Crippen LogP contribution is -2.45. The minimum atomic E-state index is -0.526. The number of non-ortho nitro benzene ring substituents is 1. The fourth-order valence-electron chi connectivity index (χ4n) is 2.69. The van der Waals surface area contributed by atoms with Crippen molar-refractivity contribution in [3.8, 4) is 5.75 Å². The molecule has 0 N–H and O–H groups in total. The van der Waals surface area contributed by atoms with E-state index in [0.717, 1.165) is 32.1 Å². The van der Waals surface area contributed by atoms with E-state index in [0.29, 0.717) is 13.2 Å². The molecule has 8 heteroatoms. The van der Waals surface area contributed by atoms with E-state index < -0.39 is 11.0 Å². The molecule has 1 aromatic carbocycles. The highest BCUT2D eigenvalue weighted by atomic mass is 16.6. The number of nitro groups is 1. The molecule has 0 aliphatic carbocycles. The molecular weight excluding hydrogens is 314 g/mol. The fourth-order valence-corrected chi connectivity index (χ4v) is 2.69. The Morgan fingerprint density at radius 3 is 2.75 bits per heavy atom. The summed E-state index contributed by atoms with van der Waals surface area (Å²) in [5.74, 6) is 0.250. The molecule has 8 nitrogen and oxygen atoms in total. The van der Waals surface area contributed by atoms with Crippen LogP contribution in [0.5, 0.6) is 5.75 Å². The molecule has 0 spiro atoms. The van der Waals surface area contributed by atoms with Crippen LogP contribution in [0.2, 0.25) is 0 Å². The largest absolute Gasteiger partial charge is 0.416 e. The van der Waals surface area contributed by atoms with Gasteiger partial charge >= 0.3 is 6.09 Å². The average Bonchev–Trinajstić information content (AvgIpc) is 3.02. The topological polar surface area (TPSA) is 93.0 Å². The number of hydrogen-bond acceptors (Lipinski definition) is 6. The third-order valence-electron chi connectivity index (χ3n) is 3.93.